The lowest BCUT2D eigenvalue weighted by atomic mass is 10.0. The molecule has 1 N–H and O–H groups in total. The summed E-state index contributed by atoms with van der Waals surface area (Å²) in [5.41, 5.74) is 2.44. The second kappa shape index (κ2) is 8.43. The van der Waals surface area contributed by atoms with E-state index in [2.05, 4.69) is 11.4 Å². The number of rotatable bonds is 5. The van der Waals surface area contributed by atoms with Crippen molar-refractivity contribution in [3.63, 3.8) is 0 Å². The van der Waals surface area contributed by atoms with E-state index in [-0.39, 0.29) is 5.91 Å². The van der Waals surface area contributed by atoms with Crippen molar-refractivity contribution in [2.45, 2.75) is 12.6 Å². The molecule has 128 valence electrons. The van der Waals surface area contributed by atoms with Crippen LogP contribution in [0.3, 0.4) is 0 Å². The summed E-state index contributed by atoms with van der Waals surface area (Å²) in [5.74, 6) is 0.0453. The van der Waals surface area contributed by atoms with Crippen LogP contribution in [0.1, 0.15) is 22.7 Å². The minimum absolute atomic E-state index is 0.0453. The molecule has 5 nitrogen and oxygen atoms in total. The number of morpholine rings is 1. The zero-order valence-electron chi connectivity index (χ0n) is 14.0. The van der Waals surface area contributed by atoms with Crippen LogP contribution in [0.25, 0.3) is 0 Å². The topological polar surface area (TPSA) is 65.4 Å². The molecule has 1 unspecified atom stereocenters. The SMILES string of the molecule is N#Cc1ccccc1CNC(C(=O)N1CCOCC1)c1ccccc1. The first-order valence-corrected chi connectivity index (χ1v) is 8.42. The van der Waals surface area contributed by atoms with Gasteiger partial charge in [-0.05, 0) is 17.2 Å². The van der Waals surface area contributed by atoms with Crippen LogP contribution in [0.15, 0.2) is 54.6 Å². The van der Waals surface area contributed by atoms with E-state index in [9.17, 15) is 10.1 Å². The lowest BCUT2D eigenvalue weighted by molar-refractivity contribution is -0.137. The Hall–Kier alpha value is -2.68. The number of carbonyl (C=O) groups excluding carboxylic acids is 1. The summed E-state index contributed by atoms with van der Waals surface area (Å²) in [5, 5.41) is 12.6. The highest BCUT2D eigenvalue weighted by Crippen LogP contribution is 2.18. The number of hydrogen-bond donors (Lipinski definition) is 1. The summed E-state index contributed by atoms with van der Waals surface area (Å²) >= 11 is 0. The van der Waals surface area contributed by atoms with E-state index in [4.69, 9.17) is 4.74 Å². The number of carbonyl (C=O) groups is 1. The number of ether oxygens (including phenoxy) is 1. The van der Waals surface area contributed by atoms with Crippen molar-refractivity contribution in [1.29, 1.82) is 5.26 Å². The predicted octanol–water partition coefficient (Wildman–Crippen LogP) is 2.25. The minimum Gasteiger partial charge on any atom is -0.378 e. The molecule has 3 rings (SSSR count). The van der Waals surface area contributed by atoms with Crippen LogP contribution in [0.2, 0.25) is 0 Å². The van der Waals surface area contributed by atoms with Crippen molar-refractivity contribution in [3.8, 4) is 6.07 Å². The maximum atomic E-state index is 13.0. The van der Waals surface area contributed by atoms with Gasteiger partial charge in [0.25, 0.3) is 0 Å². The van der Waals surface area contributed by atoms with E-state index in [0.717, 1.165) is 11.1 Å². The van der Waals surface area contributed by atoms with Crippen molar-refractivity contribution in [3.05, 3.63) is 71.3 Å². The zero-order valence-corrected chi connectivity index (χ0v) is 14.0. The van der Waals surface area contributed by atoms with Gasteiger partial charge in [-0.1, -0.05) is 48.5 Å². The number of nitrogens with one attached hydrogen (secondary N) is 1. The Morgan fingerprint density at radius 3 is 2.52 bits per heavy atom. The van der Waals surface area contributed by atoms with Crippen LogP contribution in [-0.2, 0) is 16.1 Å². The van der Waals surface area contributed by atoms with Gasteiger partial charge in [0.2, 0.25) is 5.91 Å². The molecular weight excluding hydrogens is 314 g/mol. The minimum atomic E-state index is -0.439. The van der Waals surface area contributed by atoms with Crippen LogP contribution in [-0.4, -0.2) is 37.1 Å². The molecule has 25 heavy (non-hydrogen) atoms. The van der Waals surface area contributed by atoms with Crippen LogP contribution in [0.4, 0.5) is 0 Å². The van der Waals surface area contributed by atoms with Crippen molar-refractivity contribution >= 4 is 5.91 Å². The van der Waals surface area contributed by atoms with Gasteiger partial charge < -0.3 is 9.64 Å². The van der Waals surface area contributed by atoms with Gasteiger partial charge in [0, 0.05) is 19.6 Å². The Kier molecular flexibility index (Phi) is 5.78. The van der Waals surface area contributed by atoms with E-state index in [1.165, 1.54) is 0 Å². The lowest BCUT2D eigenvalue weighted by Crippen LogP contribution is -2.46. The van der Waals surface area contributed by atoms with E-state index in [0.29, 0.717) is 38.4 Å². The highest BCUT2D eigenvalue weighted by molar-refractivity contribution is 5.83. The van der Waals surface area contributed by atoms with Gasteiger partial charge in [-0.2, -0.15) is 5.26 Å². The van der Waals surface area contributed by atoms with Gasteiger partial charge in [0.15, 0.2) is 0 Å². The molecule has 5 heteroatoms. The third-order valence-electron chi connectivity index (χ3n) is 4.34. The Morgan fingerprint density at radius 1 is 1.12 bits per heavy atom. The first-order chi connectivity index (χ1) is 12.3. The fraction of sp³-hybridized carbons (Fsp3) is 0.300. The molecule has 1 aliphatic rings. The molecule has 0 aliphatic carbocycles. The summed E-state index contributed by atoms with van der Waals surface area (Å²) in [6.07, 6.45) is 0. The van der Waals surface area contributed by atoms with E-state index >= 15 is 0 Å². The molecule has 1 amide bonds. The van der Waals surface area contributed by atoms with Crippen LogP contribution < -0.4 is 5.32 Å². The summed E-state index contributed by atoms with van der Waals surface area (Å²) in [6, 6.07) is 18.9. The van der Waals surface area contributed by atoms with Crippen LogP contribution >= 0.6 is 0 Å². The molecule has 0 saturated carbocycles. The van der Waals surface area contributed by atoms with Crippen molar-refractivity contribution in [2.24, 2.45) is 0 Å². The van der Waals surface area contributed by atoms with Gasteiger partial charge in [0.05, 0.1) is 24.8 Å². The summed E-state index contributed by atoms with van der Waals surface area (Å²) in [6.45, 7) is 2.83. The standard InChI is InChI=1S/C20H21N3O2/c21-14-17-8-4-5-9-18(17)15-22-19(16-6-2-1-3-7-16)20(24)23-10-12-25-13-11-23/h1-9,19,22H,10-13,15H2. The smallest absolute Gasteiger partial charge is 0.244 e. The molecule has 1 aliphatic heterocycles. The normalized spacial score (nSPS) is 15.4. The monoisotopic (exact) mass is 335 g/mol. The molecule has 1 saturated heterocycles. The molecule has 1 fully saturated rings. The van der Waals surface area contributed by atoms with E-state index in [1.54, 1.807) is 6.07 Å². The van der Waals surface area contributed by atoms with Crippen molar-refractivity contribution in [2.75, 3.05) is 26.3 Å². The second-order valence-corrected chi connectivity index (χ2v) is 5.93. The van der Waals surface area contributed by atoms with Gasteiger partial charge in [0.1, 0.15) is 6.04 Å². The molecule has 2 aromatic carbocycles. The first-order valence-electron chi connectivity index (χ1n) is 8.42. The van der Waals surface area contributed by atoms with Gasteiger partial charge >= 0.3 is 0 Å². The van der Waals surface area contributed by atoms with Crippen molar-refractivity contribution in [1.82, 2.24) is 10.2 Å². The molecule has 1 heterocycles. The fourth-order valence-corrected chi connectivity index (χ4v) is 2.96. The number of hydrogen-bond acceptors (Lipinski definition) is 4. The van der Waals surface area contributed by atoms with Crippen LogP contribution in [0, 0.1) is 11.3 Å². The van der Waals surface area contributed by atoms with Gasteiger partial charge in [-0.3, -0.25) is 10.1 Å². The molecular formula is C20H21N3O2. The Morgan fingerprint density at radius 2 is 1.80 bits per heavy atom. The summed E-state index contributed by atoms with van der Waals surface area (Å²) in [4.78, 5) is 14.9. The average molecular weight is 335 g/mol. The van der Waals surface area contributed by atoms with Gasteiger partial charge in [-0.15, -0.1) is 0 Å². The molecule has 0 spiro atoms. The second-order valence-electron chi connectivity index (χ2n) is 5.93. The molecule has 1 atom stereocenters. The highest BCUT2D eigenvalue weighted by atomic mass is 16.5. The summed E-state index contributed by atoms with van der Waals surface area (Å²) < 4.78 is 5.34. The van der Waals surface area contributed by atoms with E-state index < -0.39 is 6.04 Å². The fourth-order valence-electron chi connectivity index (χ4n) is 2.96. The van der Waals surface area contributed by atoms with Crippen LogP contribution in [0.5, 0.6) is 0 Å². The third kappa shape index (κ3) is 4.24. The van der Waals surface area contributed by atoms with Gasteiger partial charge in [-0.25, -0.2) is 0 Å². The largest absolute Gasteiger partial charge is 0.378 e. The Labute approximate surface area is 147 Å². The Balaban J connectivity index is 1.79. The van der Waals surface area contributed by atoms with Crippen molar-refractivity contribution < 1.29 is 9.53 Å². The lowest BCUT2D eigenvalue weighted by Gasteiger charge is -2.31. The molecule has 0 radical (unpaired) electrons. The number of nitriles is 1. The quantitative estimate of drug-likeness (QED) is 0.910. The number of amides is 1. The Bertz CT molecular complexity index is 749. The average Bonchev–Trinajstić information content (AvgIpc) is 2.70. The predicted molar refractivity (Wildman–Crippen MR) is 94.6 cm³/mol. The number of benzene rings is 2. The molecule has 0 bridgehead atoms. The third-order valence-corrected chi connectivity index (χ3v) is 4.34. The maximum Gasteiger partial charge on any atom is 0.244 e. The first kappa shape index (κ1) is 17.2. The summed E-state index contributed by atoms with van der Waals surface area (Å²) in [7, 11) is 0. The molecule has 2 aromatic rings. The van der Waals surface area contributed by atoms with E-state index in [1.807, 2.05) is 53.4 Å². The molecule has 0 aromatic heterocycles. The number of nitrogens with zero attached hydrogens (tertiary/aromatic N) is 2. The highest BCUT2D eigenvalue weighted by Gasteiger charge is 2.26. The maximum absolute atomic E-state index is 13.0. The zero-order chi connectivity index (χ0) is 17.5.